The van der Waals surface area contributed by atoms with Crippen molar-refractivity contribution in [3.05, 3.63) is 60.4 Å². The minimum absolute atomic E-state index is 0.0249. The Kier molecular flexibility index (Phi) is 4.57. The normalized spacial score (nSPS) is 15.4. The van der Waals surface area contributed by atoms with Crippen molar-refractivity contribution in [3.8, 4) is 17.1 Å². The summed E-state index contributed by atoms with van der Waals surface area (Å²) in [6.07, 6.45) is 13.7. The van der Waals surface area contributed by atoms with Crippen LogP contribution >= 0.6 is 0 Å². The molecule has 1 saturated carbocycles. The second-order valence-electron chi connectivity index (χ2n) is 6.61. The summed E-state index contributed by atoms with van der Waals surface area (Å²) in [6.45, 7) is 0.0249. The maximum atomic E-state index is 9.36. The topological polar surface area (TPSA) is 63.8 Å². The molecule has 4 rings (SSSR count). The van der Waals surface area contributed by atoms with Gasteiger partial charge in [-0.1, -0.05) is 31.4 Å². The molecule has 0 spiro atoms. The van der Waals surface area contributed by atoms with Crippen LogP contribution in [0.15, 0.2) is 49.1 Å². The van der Waals surface area contributed by atoms with Crippen LogP contribution in [0, 0.1) is 0 Å². The van der Waals surface area contributed by atoms with Crippen LogP contribution in [0.1, 0.15) is 49.4 Å². The number of aromatic nitrogens is 4. The average Bonchev–Trinajstić information content (AvgIpc) is 3.19. The van der Waals surface area contributed by atoms with Gasteiger partial charge < -0.3 is 5.11 Å². The van der Waals surface area contributed by atoms with Crippen LogP contribution in [0.2, 0.25) is 0 Å². The first kappa shape index (κ1) is 16.0. The third-order valence-electron chi connectivity index (χ3n) is 4.91. The highest BCUT2D eigenvalue weighted by molar-refractivity contribution is 5.56. The quantitative estimate of drug-likeness (QED) is 0.787. The van der Waals surface area contributed by atoms with Gasteiger partial charge >= 0.3 is 0 Å². The molecule has 128 valence electrons. The van der Waals surface area contributed by atoms with E-state index in [0.29, 0.717) is 5.92 Å². The molecule has 2 aromatic heterocycles. The first-order valence-corrected chi connectivity index (χ1v) is 8.91. The van der Waals surface area contributed by atoms with Gasteiger partial charge in [-0.05, 0) is 30.5 Å². The van der Waals surface area contributed by atoms with Crippen LogP contribution in [-0.4, -0.2) is 24.6 Å². The van der Waals surface area contributed by atoms with Crippen LogP contribution < -0.4 is 0 Å². The van der Waals surface area contributed by atoms with Gasteiger partial charge in [-0.3, -0.25) is 4.57 Å². The van der Waals surface area contributed by atoms with Crippen molar-refractivity contribution in [1.29, 1.82) is 0 Å². The lowest BCUT2D eigenvalue weighted by molar-refractivity contribution is 0.282. The zero-order valence-corrected chi connectivity index (χ0v) is 14.2. The molecule has 0 bridgehead atoms. The first-order valence-electron chi connectivity index (χ1n) is 8.91. The Hall–Kier alpha value is -2.53. The highest BCUT2D eigenvalue weighted by Gasteiger charge is 2.18. The summed E-state index contributed by atoms with van der Waals surface area (Å²) >= 11 is 0. The second kappa shape index (κ2) is 7.15. The van der Waals surface area contributed by atoms with E-state index in [1.165, 1.54) is 32.1 Å². The summed E-state index contributed by atoms with van der Waals surface area (Å²) in [5, 5.41) is 9.36. The average molecular weight is 334 g/mol. The number of aliphatic hydroxyl groups is 1. The van der Waals surface area contributed by atoms with Gasteiger partial charge in [-0.2, -0.15) is 0 Å². The smallest absolute Gasteiger partial charge is 0.147 e. The number of hydrogen-bond acceptors (Lipinski definition) is 4. The van der Waals surface area contributed by atoms with Gasteiger partial charge in [-0.25, -0.2) is 15.0 Å². The minimum atomic E-state index is 0.0249. The molecule has 5 heteroatoms. The highest BCUT2D eigenvalue weighted by Crippen LogP contribution is 2.31. The van der Waals surface area contributed by atoms with E-state index in [1.54, 1.807) is 6.20 Å². The molecule has 1 aliphatic carbocycles. The lowest BCUT2D eigenvalue weighted by Crippen LogP contribution is -2.08. The number of benzene rings is 1. The lowest BCUT2D eigenvalue weighted by Gasteiger charge is -2.20. The number of hydrogen-bond donors (Lipinski definition) is 1. The molecule has 5 nitrogen and oxygen atoms in total. The predicted octanol–water partition coefficient (Wildman–Crippen LogP) is 3.87. The third-order valence-corrected chi connectivity index (χ3v) is 4.91. The number of imidazole rings is 1. The first-order chi connectivity index (χ1) is 12.3. The van der Waals surface area contributed by atoms with Gasteiger partial charge in [0.15, 0.2) is 0 Å². The molecule has 25 heavy (non-hydrogen) atoms. The Balaban J connectivity index is 1.63. The van der Waals surface area contributed by atoms with Crippen LogP contribution in [0.25, 0.3) is 17.1 Å². The Morgan fingerprint density at radius 2 is 1.84 bits per heavy atom. The molecule has 0 amide bonds. The fraction of sp³-hybridized carbons (Fsp3) is 0.350. The van der Waals surface area contributed by atoms with Crippen molar-refractivity contribution in [2.45, 2.75) is 44.6 Å². The van der Waals surface area contributed by atoms with Crippen molar-refractivity contribution >= 4 is 0 Å². The molecular weight excluding hydrogens is 312 g/mol. The van der Waals surface area contributed by atoms with Crippen LogP contribution in [-0.2, 0) is 6.61 Å². The number of rotatable bonds is 4. The van der Waals surface area contributed by atoms with Crippen LogP contribution in [0.5, 0.6) is 0 Å². The van der Waals surface area contributed by atoms with E-state index in [-0.39, 0.29) is 6.61 Å². The molecule has 3 aromatic rings. The predicted molar refractivity (Wildman–Crippen MR) is 96.3 cm³/mol. The summed E-state index contributed by atoms with van der Waals surface area (Å²) in [4.78, 5) is 13.7. The Morgan fingerprint density at radius 3 is 2.60 bits per heavy atom. The van der Waals surface area contributed by atoms with Crippen molar-refractivity contribution in [2.75, 3.05) is 0 Å². The van der Waals surface area contributed by atoms with Gasteiger partial charge in [0.25, 0.3) is 0 Å². The summed E-state index contributed by atoms with van der Waals surface area (Å²) < 4.78 is 2.00. The van der Waals surface area contributed by atoms with Gasteiger partial charge in [0.1, 0.15) is 11.6 Å². The highest BCUT2D eigenvalue weighted by atomic mass is 16.3. The maximum Gasteiger partial charge on any atom is 0.147 e. The van der Waals surface area contributed by atoms with Crippen molar-refractivity contribution in [1.82, 2.24) is 19.5 Å². The summed E-state index contributed by atoms with van der Waals surface area (Å²) in [7, 11) is 0. The molecular formula is C20H22N4O. The van der Waals surface area contributed by atoms with Crippen molar-refractivity contribution < 1.29 is 5.11 Å². The van der Waals surface area contributed by atoms with E-state index in [0.717, 1.165) is 28.5 Å². The van der Waals surface area contributed by atoms with E-state index in [1.807, 2.05) is 47.4 Å². The molecule has 2 heterocycles. The summed E-state index contributed by atoms with van der Waals surface area (Å²) in [6, 6.07) is 7.81. The van der Waals surface area contributed by atoms with Gasteiger partial charge in [0, 0.05) is 36.4 Å². The van der Waals surface area contributed by atoms with E-state index in [4.69, 9.17) is 0 Å². The fourth-order valence-corrected chi connectivity index (χ4v) is 3.56. The molecule has 0 atom stereocenters. The second-order valence-corrected chi connectivity index (χ2v) is 6.61. The lowest BCUT2D eigenvalue weighted by atomic mass is 9.89. The Bertz CT molecular complexity index is 835. The van der Waals surface area contributed by atoms with Gasteiger partial charge in [0.2, 0.25) is 0 Å². The molecule has 1 aromatic carbocycles. The van der Waals surface area contributed by atoms with E-state index in [2.05, 4.69) is 15.0 Å². The third kappa shape index (κ3) is 3.33. The van der Waals surface area contributed by atoms with Gasteiger partial charge in [-0.15, -0.1) is 0 Å². The van der Waals surface area contributed by atoms with Crippen molar-refractivity contribution in [2.24, 2.45) is 0 Å². The van der Waals surface area contributed by atoms with E-state index >= 15 is 0 Å². The standard InChI is InChI=1S/C20H22N4O/c25-14-15-5-4-8-18(11-15)24-10-9-21-20(24)17-12-22-19(23-13-17)16-6-2-1-3-7-16/h4-5,8-13,16,25H,1-3,6-7,14H2. The van der Waals surface area contributed by atoms with E-state index < -0.39 is 0 Å². The number of nitrogens with zero attached hydrogens (tertiary/aromatic N) is 4. The zero-order valence-electron chi connectivity index (χ0n) is 14.2. The monoisotopic (exact) mass is 334 g/mol. The SMILES string of the molecule is OCc1cccc(-n2ccnc2-c2cnc(C3CCCCC3)nc2)c1. The molecule has 0 saturated heterocycles. The molecule has 1 fully saturated rings. The minimum Gasteiger partial charge on any atom is -0.392 e. The molecule has 0 aliphatic heterocycles. The zero-order chi connectivity index (χ0) is 17.1. The van der Waals surface area contributed by atoms with Crippen molar-refractivity contribution in [3.63, 3.8) is 0 Å². The molecule has 1 aliphatic rings. The largest absolute Gasteiger partial charge is 0.392 e. The van der Waals surface area contributed by atoms with Crippen LogP contribution in [0.3, 0.4) is 0 Å². The molecule has 0 radical (unpaired) electrons. The van der Waals surface area contributed by atoms with Crippen LogP contribution in [0.4, 0.5) is 0 Å². The Labute approximate surface area is 147 Å². The maximum absolute atomic E-state index is 9.36. The molecule has 0 unspecified atom stereocenters. The summed E-state index contributed by atoms with van der Waals surface area (Å²) in [5.41, 5.74) is 2.75. The van der Waals surface area contributed by atoms with E-state index in [9.17, 15) is 5.11 Å². The summed E-state index contributed by atoms with van der Waals surface area (Å²) in [5.74, 6) is 2.28. The Morgan fingerprint density at radius 1 is 1.04 bits per heavy atom. The fourth-order valence-electron chi connectivity index (χ4n) is 3.56. The van der Waals surface area contributed by atoms with Gasteiger partial charge in [0.05, 0.1) is 12.2 Å². The molecule has 1 N–H and O–H groups in total. The number of aliphatic hydroxyl groups excluding tert-OH is 1.